The Morgan fingerprint density at radius 3 is 2.08 bits per heavy atom. The van der Waals surface area contributed by atoms with E-state index in [2.05, 4.69) is 6.58 Å². The summed E-state index contributed by atoms with van der Waals surface area (Å²) in [5.41, 5.74) is -0.587. The number of hydrogen-bond donors (Lipinski definition) is 1. The molecular formula is C19H23F3O3. The predicted molar refractivity (Wildman–Crippen MR) is 85.9 cm³/mol. The molecule has 138 valence electrons. The first-order valence-corrected chi connectivity index (χ1v) is 8.55. The van der Waals surface area contributed by atoms with Crippen molar-refractivity contribution in [2.24, 2.45) is 17.3 Å². The molecule has 1 aromatic carbocycles. The summed E-state index contributed by atoms with van der Waals surface area (Å²) < 4.78 is 50.9. The van der Waals surface area contributed by atoms with Crippen molar-refractivity contribution in [1.82, 2.24) is 0 Å². The molecule has 1 N–H and O–H groups in total. The number of halogens is 3. The first-order chi connectivity index (χ1) is 11.8. The van der Waals surface area contributed by atoms with E-state index in [0.717, 1.165) is 25.7 Å². The number of hydrogen-bond acceptors (Lipinski definition) is 3. The Morgan fingerprint density at radius 2 is 1.60 bits per heavy atom. The third kappa shape index (κ3) is 3.48. The van der Waals surface area contributed by atoms with Gasteiger partial charge in [-0.15, -0.1) is 6.58 Å². The van der Waals surface area contributed by atoms with E-state index in [0.29, 0.717) is 24.0 Å². The van der Waals surface area contributed by atoms with Gasteiger partial charge < -0.3 is 14.6 Å². The maximum absolute atomic E-state index is 13.4. The molecule has 2 fully saturated rings. The molecule has 1 heterocycles. The maximum atomic E-state index is 13.4. The van der Waals surface area contributed by atoms with Crippen molar-refractivity contribution in [2.45, 2.75) is 38.6 Å². The van der Waals surface area contributed by atoms with Crippen LogP contribution in [0.3, 0.4) is 0 Å². The summed E-state index contributed by atoms with van der Waals surface area (Å²) in [6, 6.07) is 1.38. The minimum absolute atomic E-state index is 0.188. The molecule has 1 saturated carbocycles. The highest BCUT2D eigenvalue weighted by molar-refractivity contribution is 5.22. The molecule has 3 nitrogen and oxygen atoms in total. The van der Waals surface area contributed by atoms with Gasteiger partial charge in [-0.1, -0.05) is 13.0 Å². The average Bonchev–Trinajstić information content (AvgIpc) is 2.62. The summed E-state index contributed by atoms with van der Waals surface area (Å²) in [6.45, 7) is 6.24. The third-order valence-electron chi connectivity index (χ3n) is 5.63. The van der Waals surface area contributed by atoms with Gasteiger partial charge in [-0.25, -0.2) is 13.2 Å². The highest BCUT2D eigenvalue weighted by Crippen LogP contribution is 2.45. The van der Waals surface area contributed by atoms with Crippen molar-refractivity contribution < 1.29 is 27.8 Å². The Balaban J connectivity index is 1.71. The SMILES string of the molecule is C=CC1CCC(C2(C)COC(O)(c3cc(F)c(F)c(F)c3)OC2)CC1. The van der Waals surface area contributed by atoms with Crippen LogP contribution in [0, 0.1) is 34.7 Å². The molecule has 3 rings (SSSR count). The van der Waals surface area contributed by atoms with Crippen molar-refractivity contribution in [3.63, 3.8) is 0 Å². The normalized spacial score (nSPS) is 36.2. The van der Waals surface area contributed by atoms with Crippen LogP contribution in [-0.4, -0.2) is 18.3 Å². The molecule has 1 aliphatic carbocycles. The molecule has 0 spiro atoms. The standard InChI is InChI=1S/C19H23F3O3/c1-3-12-4-6-13(7-5-12)18(2)10-24-19(23,25-11-18)14-8-15(20)17(22)16(21)9-14/h3,8-9,12-13,23H,1,4-7,10-11H2,2H3. The fourth-order valence-electron chi connectivity index (χ4n) is 3.80. The predicted octanol–water partition coefficient (Wildman–Crippen LogP) is 4.25. The molecule has 1 aliphatic heterocycles. The fourth-order valence-corrected chi connectivity index (χ4v) is 3.80. The topological polar surface area (TPSA) is 38.7 Å². The van der Waals surface area contributed by atoms with Gasteiger partial charge in [-0.3, -0.25) is 0 Å². The zero-order valence-corrected chi connectivity index (χ0v) is 14.2. The average molecular weight is 356 g/mol. The number of benzene rings is 1. The maximum Gasteiger partial charge on any atom is 0.309 e. The zero-order valence-electron chi connectivity index (χ0n) is 14.2. The smallest absolute Gasteiger partial charge is 0.309 e. The third-order valence-corrected chi connectivity index (χ3v) is 5.63. The number of ether oxygens (including phenoxy) is 2. The molecule has 6 heteroatoms. The van der Waals surface area contributed by atoms with Gasteiger partial charge in [0.05, 0.1) is 13.2 Å². The second-order valence-electron chi connectivity index (χ2n) is 7.41. The van der Waals surface area contributed by atoms with Crippen LogP contribution < -0.4 is 0 Å². The van der Waals surface area contributed by atoms with Gasteiger partial charge in [0.25, 0.3) is 0 Å². The summed E-state index contributed by atoms with van der Waals surface area (Å²) in [4.78, 5) is 0. The molecular weight excluding hydrogens is 333 g/mol. The minimum atomic E-state index is -2.27. The van der Waals surface area contributed by atoms with Crippen molar-refractivity contribution in [3.05, 3.63) is 47.8 Å². The summed E-state index contributed by atoms with van der Waals surface area (Å²) in [5, 5.41) is 10.5. The Labute approximate surface area is 145 Å². The van der Waals surface area contributed by atoms with Crippen molar-refractivity contribution in [2.75, 3.05) is 13.2 Å². The second kappa shape index (κ2) is 6.74. The number of rotatable bonds is 3. The van der Waals surface area contributed by atoms with Crippen LogP contribution in [0.1, 0.15) is 38.2 Å². The van der Waals surface area contributed by atoms with Crippen molar-refractivity contribution >= 4 is 0 Å². The largest absolute Gasteiger partial charge is 0.339 e. The molecule has 0 unspecified atom stereocenters. The summed E-state index contributed by atoms with van der Waals surface area (Å²) in [5.74, 6) is -5.75. The molecule has 0 aromatic heterocycles. The van der Waals surface area contributed by atoms with Crippen LogP contribution in [0.25, 0.3) is 0 Å². The first-order valence-electron chi connectivity index (χ1n) is 8.55. The van der Waals surface area contributed by atoms with Crippen LogP contribution in [0.2, 0.25) is 0 Å². The van der Waals surface area contributed by atoms with Gasteiger partial charge in [0.1, 0.15) is 0 Å². The van der Waals surface area contributed by atoms with E-state index in [-0.39, 0.29) is 24.2 Å². The van der Waals surface area contributed by atoms with E-state index >= 15 is 0 Å². The van der Waals surface area contributed by atoms with Gasteiger partial charge >= 0.3 is 5.97 Å². The number of aliphatic hydroxyl groups is 1. The van der Waals surface area contributed by atoms with E-state index in [9.17, 15) is 18.3 Å². The Kier molecular flexibility index (Phi) is 4.97. The van der Waals surface area contributed by atoms with Gasteiger partial charge in [-0.2, -0.15) is 0 Å². The highest BCUT2D eigenvalue weighted by atomic mass is 19.2. The lowest BCUT2D eigenvalue weighted by Gasteiger charge is -2.47. The summed E-state index contributed by atoms with van der Waals surface area (Å²) in [7, 11) is 0. The quantitative estimate of drug-likeness (QED) is 0.650. The number of allylic oxidation sites excluding steroid dienone is 1. The summed E-state index contributed by atoms with van der Waals surface area (Å²) in [6.07, 6.45) is 6.13. The van der Waals surface area contributed by atoms with Crippen LogP contribution in [0.15, 0.2) is 24.8 Å². The molecule has 0 atom stereocenters. The van der Waals surface area contributed by atoms with Crippen LogP contribution in [-0.2, 0) is 15.4 Å². The second-order valence-corrected chi connectivity index (χ2v) is 7.41. The lowest BCUT2D eigenvalue weighted by molar-refractivity contribution is -0.419. The molecule has 1 saturated heterocycles. The van der Waals surface area contributed by atoms with Gasteiger partial charge in [0.2, 0.25) is 0 Å². The minimum Gasteiger partial charge on any atom is -0.339 e. The van der Waals surface area contributed by atoms with Crippen LogP contribution >= 0.6 is 0 Å². The molecule has 25 heavy (non-hydrogen) atoms. The lowest BCUT2D eigenvalue weighted by atomic mass is 9.68. The zero-order chi connectivity index (χ0) is 18.2. The molecule has 0 bridgehead atoms. The Bertz CT molecular complexity index is 622. The first kappa shape index (κ1) is 18.4. The van der Waals surface area contributed by atoms with E-state index in [1.165, 1.54) is 0 Å². The van der Waals surface area contributed by atoms with Crippen molar-refractivity contribution in [1.29, 1.82) is 0 Å². The highest BCUT2D eigenvalue weighted by Gasteiger charge is 2.47. The molecule has 1 aromatic rings. The molecule has 2 aliphatic rings. The monoisotopic (exact) mass is 356 g/mol. The van der Waals surface area contributed by atoms with E-state index in [1.54, 1.807) is 0 Å². The Morgan fingerprint density at radius 1 is 1.08 bits per heavy atom. The van der Waals surface area contributed by atoms with Crippen LogP contribution in [0.4, 0.5) is 13.2 Å². The fraction of sp³-hybridized carbons (Fsp3) is 0.579. The summed E-state index contributed by atoms with van der Waals surface area (Å²) >= 11 is 0. The van der Waals surface area contributed by atoms with Crippen molar-refractivity contribution in [3.8, 4) is 0 Å². The Hall–Kier alpha value is -1.37. The van der Waals surface area contributed by atoms with Gasteiger partial charge in [0, 0.05) is 11.0 Å². The molecule has 0 amide bonds. The van der Waals surface area contributed by atoms with Gasteiger partial charge in [-0.05, 0) is 49.7 Å². The van der Waals surface area contributed by atoms with E-state index in [4.69, 9.17) is 9.47 Å². The molecule has 0 radical (unpaired) electrons. The lowest BCUT2D eigenvalue weighted by Crippen LogP contribution is -2.50. The van der Waals surface area contributed by atoms with E-state index < -0.39 is 23.4 Å². The van der Waals surface area contributed by atoms with Gasteiger partial charge in [0.15, 0.2) is 17.5 Å². The van der Waals surface area contributed by atoms with E-state index in [1.807, 2.05) is 13.0 Å². The van der Waals surface area contributed by atoms with Crippen LogP contribution in [0.5, 0.6) is 0 Å².